The van der Waals surface area contributed by atoms with Crippen molar-refractivity contribution in [1.82, 2.24) is 20.4 Å². The Labute approximate surface area is 126 Å². The molecular weight excluding hydrogens is 264 g/mol. The van der Waals surface area contributed by atoms with Crippen LogP contribution in [0.3, 0.4) is 0 Å². The lowest BCUT2D eigenvalue weighted by molar-refractivity contribution is -0.133. The Morgan fingerprint density at radius 1 is 1.38 bits per heavy atom. The molecule has 3 rings (SSSR count). The Bertz CT molecular complexity index is 491. The minimum atomic E-state index is 0.305. The number of hydrogen-bond donors (Lipinski definition) is 2. The topological polar surface area (TPSA) is 61.0 Å². The van der Waals surface area contributed by atoms with E-state index in [-0.39, 0.29) is 0 Å². The molecule has 0 bridgehead atoms. The average Bonchev–Trinajstić information content (AvgIpc) is 2.83. The number of likely N-dealkylation sites (tertiary alicyclic amines) is 1. The van der Waals surface area contributed by atoms with Crippen molar-refractivity contribution < 1.29 is 4.79 Å². The maximum absolute atomic E-state index is 12.5. The number of nitrogens with one attached hydrogen (secondary N) is 2. The van der Waals surface area contributed by atoms with Gasteiger partial charge in [-0.1, -0.05) is 0 Å². The number of carbonyl (C=O) groups is 1. The molecule has 2 aliphatic heterocycles. The Kier molecular flexibility index (Phi) is 4.29. The second-order valence-electron chi connectivity index (χ2n) is 6.50. The largest absolute Gasteiger partial charge is 0.342 e. The monoisotopic (exact) mass is 290 g/mol. The maximum atomic E-state index is 12.5. The number of fused-ring (bicyclic) bond motifs is 1. The van der Waals surface area contributed by atoms with Crippen LogP contribution >= 0.6 is 0 Å². The molecule has 2 N–H and O–H groups in total. The molecule has 0 aliphatic carbocycles. The minimum Gasteiger partial charge on any atom is -0.342 e. The second-order valence-corrected chi connectivity index (χ2v) is 6.50. The van der Waals surface area contributed by atoms with Gasteiger partial charge in [0.2, 0.25) is 5.91 Å². The van der Waals surface area contributed by atoms with E-state index in [0.29, 0.717) is 24.3 Å². The fourth-order valence-electron chi connectivity index (χ4n) is 3.80. The molecule has 0 spiro atoms. The zero-order chi connectivity index (χ0) is 14.8. The quantitative estimate of drug-likeness (QED) is 0.888. The number of aromatic nitrogens is 2. The fourth-order valence-corrected chi connectivity index (χ4v) is 3.80. The van der Waals surface area contributed by atoms with Gasteiger partial charge in [0.15, 0.2) is 0 Å². The van der Waals surface area contributed by atoms with Gasteiger partial charge < -0.3 is 10.2 Å². The molecule has 116 valence electrons. The molecule has 1 aromatic rings. The van der Waals surface area contributed by atoms with Crippen molar-refractivity contribution in [2.75, 3.05) is 19.6 Å². The first-order chi connectivity index (χ1) is 10.1. The van der Waals surface area contributed by atoms with Gasteiger partial charge >= 0.3 is 0 Å². The van der Waals surface area contributed by atoms with Crippen LogP contribution in [-0.2, 0) is 11.2 Å². The maximum Gasteiger partial charge on any atom is 0.222 e. The van der Waals surface area contributed by atoms with Crippen LogP contribution in [0, 0.1) is 19.8 Å². The zero-order valence-corrected chi connectivity index (χ0v) is 13.1. The normalized spacial score (nSPS) is 25.7. The summed E-state index contributed by atoms with van der Waals surface area (Å²) in [6, 6.07) is 0.640. The first-order valence-corrected chi connectivity index (χ1v) is 8.16. The average molecular weight is 290 g/mol. The van der Waals surface area contributed by atoms with E-state index in [9.17, 15) is 4.79 Å². The number of aryl methyl sites for hydroxylation is 2. The van der Waals surface area contributed by atoms with Crippen molar-refractivity contribution in [3.63, 3.8) is 0 Å². The van der Waals surface area contributed by atoms with Crippen molar-refractivity contribution in [2.45, 2.75) is 52.0 Å². The molecule has 21 heavy (non-hydrogen) atoms. The summed E-state index contributed by atoms with van der Waals surface area (Å²) in [7, 11) is 0. The third-order valence-electron chi connectivity index (χ3n) is 5.11. The Morgan fingerprint density at radius 3 is 3.00 bits per heavy atom. The van der Waals surface area contributed by atoms with E-state index >= 15 is 0 Å². The van der Waals surface area contributed by atoms with Crippen LogP contribution in [-0.4, -0.2) is 46.7 Å². The lowest BCUT2D eigenvalue weighted by atomic mass is 9.85. The van der Waals surface area contributed by atoms with E-state index in [1.807, 2.05) is 13.8 Å². The number of amides is 1. The molecule has 2 fully saturated rings. The van der Waals surface area contributed by atoms with E-state index < -0.39 is 0 Å². The molecule has 1 amide bonds. The molecule has 5 heteroatoms. The Morgan fingerprint density at radius 2 is 2.24 bits per heavy atom. The summed E-state index contributed by atoms with van der Waals surface area (Å²) in [5, 5.41) is 10.8. The van der Waals surface area contributed by atoms with E-state index in [2.05, 4.69) is 20.4 Å². The molecule has 1 aromatic heterocycles. The van der Waals surface area contributed by atoms with Gasteiger partial charge in [0, 0.05) is 31.2 Å². The molecule has 0 saturated carbocycles. The number of H-pyrrole nitrogens is 1. The highest BCUT2D eigenvalue weighted by molar-refractivity contribution is 5.76. The van der Waals surface area contributed by atoms with Gasteiger partial charge in [-0.25, -0.2) is 0 Å². The highest BCUT2D eigenvalue weighted by Crippen LogP contribution is 2.25. The summed E-state index contributed by atoms with van der Waals surface area (Å²) in [5.41, 5.74) is 3.32. The highest BCUT2D eigenvalue weighted by Gasteiger charge is 2.32. The smallest absolute Gasteiger partial charge is 0.222 e. The SMILES string of the molecule is Cc1n[nH]c(C)c1CCC(=O)N1CC[C@H]2NCCC[C@H]2C1. The first-order valence-electron chi connectivity index (χ1n) is 8.16. The lowest BCUT2D eigenvalue weighted by Gasteiger charge is -2.41. The highest BCUT2D eigenvalue weighted by atomic mass is 16.2. The van der Waals surface area contributed by atoms with Crippen molar-refractivity contribution in [2.24, 2.45) is 5.92 Å². The van der Waals surface area contributed by atoms with Crippen LogP contribution < -0.4 is 5.32 Å². The van der Waals surface area contributed by atoms with Crippen molar-refractivity contribution in [1.29, 1.82) is 0 Å². The predicted octanol–water partition coefficient (Wildman–Crippen LogP) is 1.56. The van der Waals surface area contributed by atoms with E-state index in [1.165, 1.54) is 18.4 Å². The van der Waals surface area contributed by atoms with Gasteiger partial charge in [-0.05, 0) is 57.6 Å². The van der Waals surface area contributed by atoms with E-state index in [0.717, 1.165) is 43.9 Å². The number of carbonyl (C=O) groups excluding carboxylic acids is 1. The Hall–Kier alpha value is -1.36. The zero-order valence-electron chi connectivity index (χ0n) is 13.1. The summed E-state index contributed by atoms with van der Waals surface area (Å²) in [6.45, 7) is 7.03. The van der Waals surface area contributed by atoms with Crippen LogP contribution in [0.5, 0.6) is 0 Å². The predicted molar refractivity (Wildman–Crippen MR) is 82.1 cm³/mol. The van der Waals surface area contributed by atoms with Gasteiger partial charge in [-0.15, -0.1) is 0 Å². The van der Waals surface area contributed by atoms with Crippen LogP contribution in [0.2, 0.25) is 0 Å². The Balaban J connectivity index is 1.54. The summed E-state index contributed by atoms with van der Waals surface area (Å²) >= 11 is 0. The minimum absolute atomic E-state index is 0.305. The molecule has 5 nitrogen and oxygen atoms in total. The van der Waals surface area contributed by atoms with Crippen molar-refractivity contribution >= 4 is 5.91 Å². The summed E-state index contributed by atoms with van der Waals surface area (Å²) in [4.78, 5) is 14.5. The van der Waals surface area contributed by atoms with Crippen molar-refractivity contribution in [3.05, 3.63) is 17.0 Å². The number of piperidine rings is 2. The van der Waals surface area contributed by atoms with E-state index in [4.69, 9.17) is 0 Å². The van der Waals surface area contributed by atoms with Gasteiger partial charge in [-0.3, -0.25) is 9.89 Å². The molecule has 0 unspecified atom stereocenters. The number of aromatic amines is 1. The van der Waals surface area contributed by atoms with Gasteiger partial charge in [0.05, 0.1) is 5.69 Å². The van der Waals surface area contributed by atoms with Gasteiger partial charge in [-0.2, -0.15) is 5.10 Å². The molecule has 0 aromatic carbocycles. The molecule has 2 atom stereocenters. The summed E-state index contributed by atoms with van der Waals surface area (Å²) in [5.74, 6) is 0.966. The van der Waals surface area contributed by atoms with Crippen LogP contribution in [0.4, 0.5) is 0 Å². The number of rotatable bonds is 3. The van der Waals surface area contributed by atoms with Crippen LogP contribution in [0.1, 0.15) is 42.6 Å². The lowest BCUT2D eigenvalue weighted by Crippen LogP contribution is -2.53. The van der Waals surface area contributed by atoms with Gasteiger partial charge in [0.25, 0.3) is 0 Å². The third kappa shape index (κ3) is 3.12. The van der Waals surface area contributed by atoms with Crippen LogP contribution in [0.25, 0.3) is 0 Å². The molecule has 2 saturated heterocycles. The second kappa shape index (κ2) is 6.18. The molecular formula is C16H26N4O. The van der Waals surface area contributed by atoms with Gasteiger partial charge in [0.1, 0.15) is 0 Å². The summed E-state index contributed by atoms with van der Waals surface area (Å²) in [6.07, 6.45) is 5.03. The van der Waals surface area contributed by atoms with E-state index in [1.54, 1.807) is 0 Å². The molecule has 2 aliphatic rings. The third-order valence-corrected chi connectivity index (χ3v) is 5.11. The molecule has 0 radical (unpaired) electrons. The molecule has 3 heterocycles. The van der Waals surface area contributed by atoms with Crippen molar-refractivity contribution in [3.8, 4) is 0 Å². The first kappa shape index (κ1) is 14.6. The number of nitrogens with zero attached hydrogens (tertiary/aromatic N) is 2. The summed E-state index contributed by atoms with van der Waals surface area (Å²) < 4.78 is 0. The number of hydrogen-bond acceptors (Lipinski definition) is 3. The standard InChI is InChI=1S/C16H26N4O/c1-11-14(12(2)19-18-11)5-6-16(21)20-9-7-15-13(10-20)4-3-8-17-15/h13,15,17H,3-10H2,1-2H3,(H,18,19)/t13-,15+/m0/s1. The fraction of sp³-hybridized carbons (Fsp3) is 0.750. The van der Waals surface area contributed by atoms with Crippen LogP contribution in [0.15, 0.2) is 0 Å².